The normalized spacial score (nSPS) is 19.1. The minimum Gasteiger partial charge on any atom is -0.490 e. The topological polar surface area (TPSA) is 38.8 Å². The van der Waals surface area contributed by atoms with Crippen molar-refractivity contribution in [1.29, 1.82) is 0 Å². The third-order valence-corrected chi connectivity index (χ3v) is 2.16. The second-order valence-electron chi connectivity index (χ2n) is 3.07. The zero-order valence-corrected chi connectivity index (χ0v) is 8.16. The smallest absolute Gasteiger partial charge is 0.153 e. The van der Waals surface area contributed by atoms with Crippen molar-refractivity contribution < 1.29 is 14.3 Å². The van der Waals surface area contributed by atoms with Crippen LogP contribution in [0.25, 0.3) is 0 Å². The molecule has 0 spiro atoms. The van der Waals surface area contributed by atoms with E-state index in [1.165, 1.54) is 0 Å². The molecule has 0 radical (unpaired) electrons. The van der Waals surface area contributed by atoms with E-state index in [4.69, 9.17) is 21.1 Å². The summed E-state index contributed by atoms with van der Waals surface area (Å²) in [4.78, 5) is 10.6. The molecular weight excluding hydrogens is 204 g/mol. The van der Waals surface area contributed by atoms with E-state index >= 15 is 0 Å². The fraction of sp³-hybridized carbons (Fsp3) is 0.300. The van der Waals surface area contributed by atoms with Gasteiger partial charge in [-0.2, -0.15) is 0 Å². The highest BCUT2D eigenvalue weighted by atomic mass is 35.5. The van der Waals surface area contributed by atoms with E-state index in [9.17, 15) is 4.79 Å². The van der Waals surface area contributed by atoms with Crippen LogP contribution in [0.5, 0.6) is 5.75 Å². The van der Waals surface area contributed by atoms with Gasteiger partial charge in [0.1, 0.15) is 18.5 Å². The van der Waals surface area contributed by atoms with Gasteiger partial charge in [0.15, 0.2) is 6.29 Å². The first-order valence-corrected chi connectivity index (χ1v) is 4.66. The van der Waals surface area contributed by atoms with Gasteiger partial charge in [-0.3, -0.25) is 4.79 Å². The molecule has 0 N–H and O–H groups in total. The molecule has 1 fully saturated rings. The van der Waals surface area contributed by atoms with Crippen molar-refractivity contribution in [2.24, 2.45) is 0 Å². The lowest BCUT2D eigenvalue weighted by molar-refractivity contribution is 0.111. The summed E-state index contributed by atoms with van der Waals surface area (Å²) < 4.78 is 10.4. The minimum atomic E-state index is 0.175. The van der Waals surface area contributed by atoms with Gasteiger partial charge in [0.25, 0.3) is 0 Å². The van der Waals surface area contributed by atoms with Crippen LogP contribution in [0.15, 0.2) is 18.2 Å². The van der Waals surface area contributed by atoms with Gasteiger partial charge in [-0.1, -0.05) is 11.6 Å². The van der Waals surface area contributed by atoms with E-state index in [0.717, 1.165) is 12.9 Å². The van der Waals surface area contributed by atoms with Crippen molar-refractivity contribution in [3.05, 3.63) is 28.8 Å². The standard InChI is InChI=1S/C10H9ClO3/c11-8-2-1-7(4-12)10(3-8)14-6-9-5-13-9/h1-4,9H,5-6H2. The Morgan fingerprint density at radius 3 is 3.07 bits per heavy atom. The predicted octanol–water partition coefficient (Wildman–Crippen LogP) is 1.93. The molecule has 1 aliphatic heterocycles. The van der Waals surface area contributed by atoms with E-state index in [1.54, 1.807) is 18.2 Å². The Labute approximate surface area is 86.6 Å². The summed E-state index contributed by atoms with van der Waals surface area (Å²) in [5.41, 5.74) is 0.509. The molecule has 0 amide bonds. The number of ether oxygens (including phenoxy) is 2. The molecule has 4 heteroatoms. The maximum Gasteiger partial charge on any atom is 0.153 e. The van der Waals surface area contributed by atoms with E-state index in [-0.39, 0.29) is 6.10 Å². The lowest BCUT2D eigenvalue weighted by Crippen LogP contribution is -2.05. The lowest BCUT2D eigenvalue weighted by atomic mass is 10.2. The maximum absolute atomic E-state index is 10.6. The van der Waals surface area contributed by atoms with Crippen LogP contribution in [0.3, 0.4) is 0 Å². The average Bonchev–Trinajstić information content (AvgIpc) is 2.98. The van der Waals surface area contributed by atoms with E-state index in [2.05, 4.69) is 0 Å². The maximum atomic E-state index is 10.6. The zero-order valence-electron chi connectivity index (χ0n) is 7.40. The van der Waals surface area contributed by atoms with Crippen LogP contribution < -0.4 is 4.74 Å². The molecule has 1 atom stereocenters. The van der Waals surface area contributed by atoms with Crippen LogP contribution in [0.2, 0.25) is 5.02 Å². The van der Waals surface area contributed by atoms with Gasteiger partial charge in [-0.15, -0.1) is 0 Å². The molecule has 1 unspecified atom stereocenters. The number of hydrogen-bond acceptors (Lipinski definition) is 3. The van der Waals surface area contributed by atoms with Gasteiger partial charge in [0, 0.05) is 5.02 Å². The second kappa shape index (κ2) is 3.98. The molecule has 3 nitrogen and oxygen atoms in total. The van der Waals surface area contributed by atoms with E-state index < -0.39 is 0 Å². The monoisotopic (exact) mass is 212 g/mol. The second-order valence-corrected chi connectivity index (χ2v) is 3.50. The van der Waals surface area contributed by atoms with Crippen LogP contribution >= 0.6 is 11.6 Å². The summed E-state index contributed by atoms with van der Waals surface area (Å²) in [6.07, 6.45) is 0.924. The number of aldehydes is 1. The summed E-state index contributed by atoms with van der Waals surface area (Å²) >= 11 is 5.78. The molecule has 1 saturated heterocycles. The first kappa shape index (κ1) is 9.49. The number of rotatable bonds is 4. The van der Waals surface area contributed by atoms with Crippen molar-refractivity contribution >= 4 is 17.9 Å². The Hall–Kier alpha value is -1.06. The lowest BCUT2D eigenvalue weighted by Gasteiger charge is -2.06. The average molecular weight is 213 g/mol. The number of benzene rings is 1. The number of hydrogen-bond donors (Lipinski definition) is 0. The predicted molar refractivity (Wildman–Crippen MR) is 52.1 cm³/mol. The highest BCUT2D eigenvalue weighted by Crippen LogP contribution is 2.23. The van der Waals surface area contributed by atoms with Crippen molar-refractivity contribution in [2.45, 2.75) is 6.10 Å². The van der Waals surface area contributed by atoms with Crippen LogP contribution in [0.1, 0.15) is 10.4 Å². The summed E-state index contributed by atoms with van der Waals surface area (Å²) in [5.74, 6) is 0.517. The Kier molecular flexibility index (Phi) is 2.70. The number of halogens is 1. The minimum absolute atomic E-state index is 0.175. The first-order chi connectivity index (χ1) is 6.79. The molecule has 1 aromatic rings. The number of epoxide rings is 1. The molecule has 1 aromatic carbocycles. The van der Waals surface area contributed by atoms with Crippen LogP contribution in [-0.2, 0) is 4.74 Å². The van der Waals surface area contributed by atoms with Gasteiger partial charge in [0.2, 0.25) is 0 Å². The van der Waals surface area contributed by atoms with Gasteiger partial charge >= 0.3 is 0 Å². The molecule has 0 aliphatic carbocycles. The highest BCUT2D eigenvalue weighted by molar-refractivity contribution is 6.30. The molecular formula is C10H9ClO3. The van der Waals surface area contributed by atoms with Gasteiger partial charge in [-0.25, -0.2) is 0 Å². The quantitative estimate of drug-likeness (QED) is 0.566. The van der Waals surface area contributed by atoms with Gasteiger partial charge in [0.05, 0.1) is 12.2 Å². The van der Waals surface area contributed by atoms with Crippen LogP contribution in [0, 0.1) is 0 Å². The largest absolute Gasteiger partial charge is 0.490 e. The highest BCUT2D eigenvalue weighted by Gasteiger charge is 2.23. The molecule has 0 saturated carbocycles. The van der Waals surface area contributed by atoms with Crippen LogP contribution in [-0.4, -0.2) is 25.6 Å². The molecule has 0 bridgehead atoms. The summed E-state index contributed by atoms with van der Waals surface area (Å²) in [5, 5.41) is 0.558. The number of carbonyl (C=O) groups is 1. The molecule has 74 valence electrons. The first-order valence-electron chi connectivity index (χ1n) is 4.29. The van der Waals surface area contributed by atoms with E-state index in [1.807, 2.05) is 0 Å². The van der Waals surface area contributed by atoms with E-state index in [0.29, 0.717) is 22.9 Å². The SMILES string of the molecule is O=Cc1ccc(Cl)cc1OCC1CO1. The van der Waals surface area contributed by atoms with Gasteiger partial charge in [-0.05, 0) is 18.2 Å². The third-order valence-electron chi connectivity index (χ3n) is 1.93. The molecule has 14 heavy (non-hydrogen) atoms. The van der Waals surface area contributed by atoms with Crippen molar-refractivity contribution in [2.75, 3.05) is 13.2 Å². The van der Waals surface area contributed by atoms with Crippen LogP contribution in [0.4, 0.5) is 0 Å². The molecule has 1 heterocycles. The Morgan fingerprint density at radius 2 is 2.43 bits per heavy atom. The molecule has 1 aliphatic rings. The zero-order chi connectivity index (χ0) is 9.97. The van der Waals surface area contributed by atoms with Crippen molar-refractivity contribution in [3.8, 4) is 5.75 Å². The Morgan fingerprint density at radius 1 is 1.64 bits per heavy atom. The fourth-order valence-corrected chi connectivity index (χ4v) is 1.24. The molecule has 0 aromatic heterocycles. The Bertz CT molecular complexity index is 347. The Balaban J connectivity index is 2.11. The fourth-order valence-electron chi connectivity index (χ4n) is 1.08. The van der Waals surface area contributed by atoms with Crippen molar-refractivity contribution in [1.82, 2.24) is 0 Å². The van der Waals surface area contributed by atoms with Gasteiger partial charge < -0.3 is 9.47 Å². The summed E-state index contributed by atoms with van der Waals surface area (Å²) in [6, 6.07) is 4.93. The van der Waals surface area contributed by atoms with Crippen molar-refractivity contribution in [3.63, 3.8) is 0 Å². The third kappa shape index (κ3) is 2.25. The molecule has 2 rings (SSSR count). The summed E-state index contributed by atoms with van der Waals surface area (Å²) in [7, 11) is 0. The summed E-state index contributed by atoms with van der Waals surface area (Å²) in [6.45, 7) is 1.21. The number of carbonyl (C=O) groups excluding carboxylic acids is 1.